The van der Waals surface area contributed by atoms with Crippen LogP contribution >= 0.6 is 0 Å². The van der Waals surface area contributed by atoms with E-state index in [-0.39, 0.29) is 24.7 Å². The Labute approximate surface area is 135 Å². The van der Waals surface area contributed by atoms with Crippen molar-refractivity contribution in [3.63, 3.8) is 0 Å². The molecular weight excluding hydrogens is 296 g/mol. The van der Waals surface area contributed by atoms with Crippen molar-refractivity contribution in [1.29, 1.82) is 0 Å². The molecule has 23 heavy (non-hydrogen) atoms. The molecule has 6 nitrogen and oxygen atoms in total. The van der Waals surface area contributed by atoms with E-state index in [1.807, 2.05) is 19.1 Å². The number of amides is 2. The minimum atomic E-state index is -1.04. The van der Waals surface area contributed by atoms with Crippen molar-refractivity contribution in [3.8, 4) is 0 Å². The van der Waals surface area contributed by atoms with Gasteiger partial charge in [-0.25, -0.2) is 4.79 Å². The fourth-order valence-corrected chi connectivity index (χ4v) is 2.82. The third kappa shape index (κ3) is 4.09. The number of carbonyl (C=O) groups is 3. The fourth-order valence-electron chi connectivity index (χ4n) is 2.82. The second kappa shape index (κ2) is 7.76. The highest BCUT2D eigenvalue weighted by Crippen LogP contribution is 2.30. The molecule has 124 valence electrons. The molecule has 0 spiro atoms. The van der Waals surface area contributed by atoms with Crippen LogP contribution in [0.5, 0.6) is 0 Å². The van der Waals surface area contributed by atoms with Crippen molar-refractivity contribution in [2.24, 2.45) is 0 Å². The largest absolute Gasteiger partial charge is 0.479 e. The predicted octanol–water partition coefficient (Wildman–Crippen LogP) is 1.50. The SMILES string of the molecule is CCCNC(=O)CCC(=O)N1CCc2ccccc2C1C(=O)O. The lowest BCUT2D eigenvalue weighted by Gasteiger charge is -2.34. The Balaban J connectivity index is 2.05. The Bertz CT molecular complexity index is 600. The van der Waals surface area contributed by atoms with Crippen molar-refractivity contribution in [3.05, 3.63) is 35.4 Å². The summed E-state index contributed by atoms with van der Waals surface area (Å²) in [5, 5.41) is 12.2. The molecule has 0 saturated carbocycles. The number of nitrogens with zero attached hydrogens (tertiary/aromatic N) is 1. The Morgan fingerprint density at radius 1 is 1.26 bits per heavy atom. The van der Waals surface area contributed by atoms with Gasteiger partial charge < -0.3 is 15.3 Å². The molecule has 1 atom stereocenters. The summed E-state index contributed by atoms with van der Waals surface area (Å²) in [6.07, 6.45) is 1.59. The van der Waals surface area contributed by atoms with Crippen molar-refractivity contribution in [2.75, 3.05) is 13.1 Å². The molecule has 1 unspecified atom stereocenters. The first-order valence-corrected chi connectivity index (χ1v) is 7.91. The van der Waals surface area contributed by atoms with Gasteiger partial charge in [0.05, 0.1) is 0 Å². The number of carboxylic acid groups (broad SMARTS) is 1. The van der Waals surface area contributed by atoms with Gasteiger partial charge in [-0.2, -0.15) is 0 Å². The van der Waals surface area contributed by atoms with Crippen LogP contribution in [0, 0.1) is 0 Å². The van der Waals surface area contributed by atoms with Crippen LogP contribution in [0.4, 0.5) is 0 Å². The van der Waals surface area contributed by atoms with E-state index in [4.69, 9.17) is 0 Å². The van der Waals surface area contributed by atoms with E-state index in [9.17, 15) is 19.5 Å². The summed E-state index contributed by atoms with van der Waals surface area (Å²) < 4.78 is 0. The Hall–Kier alpha value is -2.37. The first kappa shape index (κ1) is 17.0. The van der Waals surface area contributed by atoms with Gasteiger partial charge >= 0.3 is 5.97 Å². The summed E-state index contributed by atoms with van der Waals surface area (Å²) in [5.74, 6) is -1.51. The monoisotopic (exact) mass is 318 g/mol. The molecular formula is C17H22N2O4. The van der Waals surface area contributed by atoms with Gasteiger partial charge in [0.2, 0.25) is 11.8 Å². The molecule has 0 aliphatic carbocycles. The highest BCUT2D eigenvalue weighted by Gasteiger charge is 2.35. The molecule has 1 aromatic rings. The molecule has 0 fully saturated rings. The number of hydrogen-bond acceptors (Lipinski definition) is 3. The maximum absolute atomic E-state index is 12.4. The van der Waals surface area contributed by atoms with Crippen molar-refractivity contribution in [2.45, 2.75) is 38.6 Å². The van der Waals surface area contributed by atoms with Gasteiger partial charge in [0.25, 0.3) is 0 Å². The van der Waals surface area contributed by atoms with Crippen LogP contribution in [-0.2, 0) is 20.8 Å². The van der Waals surface area contributed by atoms with E-state index in [2.05, 4.69) is 5.32 Å². The predicted molar refractivity (Wildman–Crippen MR) is 84.8 cm³/mol. The average molecular weight is 318 g/mol. The summed E-state index contributed by atoms with van der Waals surface area (Å²) in [5.41, 5.74) is 1.62. The normalized spacial score (nSPS) is 16.6. The van der Waals surface area contributed by atoms with Gasteiger partial charge in [-0.05, 0) is 24.0 Å². The third-order valence-corrected chi connectivity index (χ3v) is 3.98. The number of carboxylic acids is 1. The van der Waals surface area contributed by atoms with Gasteiger partial charge in [-0.1, -0.05) is 31.2 Å². The Morgan fingerprint density at radius 3 is 2.70 bits per heavy atom. The number of carbonyl (C=O) groups excluding carboxylic acids is 2. The Kier molecular flexibility index (Phi) is 5.73. The number of rotatable bonds is 6. The van der Waals surface area contributed by atoms with Crippen LogP contribution in [0.25, 0.3) is 0 Å². The molecule has 2 N–H and O–H groups in total. The topological polar surface area (TPSA) is 86.7 Å². The van der Waals surface area contributed by atoms with Crippen LogP contribution in [0.15, 0.2) is 24.3 Å². The van der Waals surface area contributed by atoms with E-state index < -0.39 is 12.0 Å². The summed E-state index contributed by atoms with van der Waals surface area (Å²) in [6.45, 7) is 2.90. The van der Waals surface area contributed by atoms with Crippen molar-refractivity contribution in [1.82, 2.24) is 10.2 Å². The maximum Gasteiger partial charge on any atom is 0.331 e. The maximum atomic E-state index is 12.4. The standard InChI is InChI=1S/C17H22N2O4/c1-2-10-18-14(20)7-8-15(21)19-11-9-12-5-3-4-6-13(12)16(19)17(22)23/h3-6,16H,2,7-11H2,1H3,(H,18,20)(H,22,23). The molecule has 2 amide bonds. The van der Waals surface area contributed by atoms with Crippen LogP contribution in [0.2, 0.25) is 0 Å². The number of benzene rings is 1. The van der Waals surface area contributed by atoms with E-state index in [1.54, 1.807) is 12.1 Å². The van der Waals surface area contributed by atoms with Crippen molar-refractivity contribution >= 4 is 17.8 Å². The number of hydrogen-bond donors (Lipinski definition) is 2. The summed E-state index contributed by atoms with van der Waals surface area (Å²) >= 11 is 0. The van der Waals surface area contributed by atoms with Crippen molar-refractivity contribution < 1.29 is 19.5 Å². The zero-order valence-corrected chi connectivity index (χ0v) is 13.2. The van der Waals surface area contributed by atoms with E-state index in [1.165, 1.54) is 4.90 Å². The second-order valence-corrected chi connectivity index (χ2v) is 5.63. The molecule has 0 bridgehead atoms. The minimum Gasteiger partial charge on any atom is -0.479 e. The highest BCUT2D eigenvalue weighted by atomic mass is 16.4. The molecule has 0 saturated heterocycles. The molecule has 1 aliphatic rings. The average Bonchev–Trinajstić information content (AvgIpc) is 2.56. The van der Waals surface area contributed by atoms with Gasteiger partial charge in [0.1, 0.15) is 0 Å². The first-order chi connectivity index (χ1) is 11.0. The van der Waals surface area contributed by atoms with E-state index in [0.29, 0.717) is 25.1 Å². The summed E-state index contributed by atoms with van der Waals surface area (Å²) in [7, 11) is 0. The molecule has 1 heterocycles. The van der Waals surface area contributed by atoms with E-state index in [0.717, 1.165) is 12.0 Å². The quantitative estimate of drug-likeness (QED) is 0.832. The van der Waals surface area contributed by atoms with Gasteiger partial charge in [0, 0.05) is 25.9 Å². The molecule has 6 heteroatoms. The van der Waals surface area contributed by atoms with E-state index >= 15 is 0 Å². The van der Waals surface area contributed by atoms with Crippen LogP contribution < -0.4 is 5.32 Å². The highest BCUT2D eigenvalue weighted by molar-refractivity contribution is 5.88. The zero-order chi connectivity index (χ0) is 16.8. The number of aliphatic carboxylic acids is 1. The second-order valence-electron chi connectivity index (χ2n) is 5.63. The molecule has 2 rings (SSSR count). The summed E-state index contributed by atoms with van der Waals surface area (Å²) in [4.78, 5) is 37.0. The lowest BCUT2D eigenvalue weighted by molar-refractivity contribution is -0.151. The number of nitrogens with one attached hydrogen (secondary N) is 1. The van der Waals surface area contributed by atoms with Crippen LogP contribution in [0.1, 0.15) is 43.4 Å². The Morgan fingerprint density at radius 2 is 2.00 bits per heavy atom. The molecule has 1 aliphatic heterocycles. The zero-order valence-electron chi connectivity index (χ0n) is 13.2. The van der Waals surface area contributed by atoms with Crippen LogP contribution in [0.3, 0.4) is 0 Å². The first-order valence-electron chi connectivity index (χ1n) is 7.91. The smallest absolute Gasteiger partial charge is 0.331 e. The lowest BCUT2D eigenvalue weighted by atomic mass is 9.92. The lowest BCUT2D eigenvalue weighted by Crippen LogP contribution is -2.43. The molecule has 0 aromatic heterocycles. The summed E-state index contributed by atoms with van der Waals surface area (Å²) in [6, 6.07) is 6.33. The molecule has 1 aromatic carbocycles. The van der Waals surface area contributed by atoms with Gasteiger partial charge in [0.15, 0.2) is 6.04 Å². The number of fused-ring (bicyclic) bond motifs is 1. The molecule has 0 radical (unpaired) electrons. The third-order valence-electron chi connectivity index (χ3n) is 3.98. The van der Waals surface area contributed by atoms with Gasteiger partial charge in [-0.15, -0.1) is 0 Å². The van der Waals surface area contributed by atoms with Crippen LogP contribution in [-0.4, -0.2) is 40.9 Å². The van der Waals surface area contributed by atoms with Gasteiger partial charge in [-0.3, -0.25) is 9.59 Å². The fraction of sp³-hybridized carbons (Fsp3) is 0.471. The minimum absolute atomic E-state index is 0.0293.